The van der Waals surface area contributed by atoms with Crippen molar-refractivity contribution in [3.8, 4) is 40.1 Å². The zero-order chi connectivity index (χ0) is 22.4. The lowest BCUT2D eigenvalue weighted by Gasteiger charge is -2.19. The molecule has 1 unspecified atom stereocenters. The van der Waals surface area contributed by atoms with E-state index in [2.05, 4.69) is 0 Å². The number of hydrogen-bond donors (Lipinski definition) is 7. The molecule has 0 spiro atoms. The van der Waals surface area contributed by atoms with Crippen LogP contribution in [0.15, 0.2) is 39.5 Å². The molecule has 31 heavy (non-hydrogen) atoms. The molecule has 164 valence electrons. The fourth-order valence-electron chi connectivity index (χ4n) is 3.34. The molecule has 0 amide bonds. The number of aliphatic hydroxyl groups excluding tert-OH is 3. The minimum atomic E-state index is -1.64. The van der Waals surface area contributed by atoms with Crippen LogP contribution in [0.4, 0.5) is 0 Å². The Morgan fingerprint density at radius 2 is 1.65 bits per heavy atom. The fourth-order valence-corrected chi connectivity index (χ4v) is 3.34. The molecule has 2 heterocycles. The molecule has 11 heteroatoms. The van der Waals surface area contributed by atoms with Gasteiger partial charge in [0, 0.05) is 18.2 Å². The van der Waals surface area contributed by atoms with Gasteiger partial charge in [0.05, 0.1) is 12.2 Å². The number of phenolic OH excluding ortho intramolecular Hbond substituents is 4. The molecule has 4 atom stereocenters. The van der Waals surface area contributed by atoms with Crippen LogP contribution in [0.2, 0.25) is 0 Å². The van der Waals surface area contributed by atoms with Gasteiger partial charge < -0.3 is 49.6 Å². The van der Waals surface area contributed by atoms with Crippen LogP contribution in [0, 0.1) is 0 Å². The molecule has 11 nitrogen and oxygen atoms in total. The van der Waals surface area contributed by atoms with Gasteiger partial charge in [-0.3, -0.25) is 4.79 Å². The Hall–Kier alpha value is -3.51. The molecular weight excluding hydrogens is 416 g/mol. The summed E-state index contributed by atoms with van der Waals surface area (Å²) in [5.74, 6) is -2.73. The maximum Gasteiger partial charge on any atom is 0.239 e. The van der Waals surface area contributed by atoms with Gasteiger partial charge in [0.15, 0.2) is 5.76 Å². The molecular formula is C20H18O11. The number of aliphatic hydroxyl groups is 3. The van der Waals surface area contributed by atoms with E-state index < -0.39 is 59.6 Å². The molecule has 4 rings (SSSR count). The van der Waals surface area contributed by atoms with Gasteiger partial charge in [-0.05, 0) is 12.1 Å². The number of ether oxygens (including phenoxy) is 2. The molecule has 0 saturated carbocycles. The van der Waals surface area contributed by atoms with Crippen molar-refractivity contribution >= 4 is 11.0 Å². The molecule has 2 aromatic carbocycles. The highest BCUT2D eigenvalue weighted by atomic mass is 16.7. The summed E-state index contributed by atoms with van der Waals surface area (Å²) in [6, 6.07) is 5.38. The highest BCUT2D eigenvalue weighted by Gasteiger charge is 2.44. The smallest absolute Gasteiger partial charge is 0.239 e. The fraction of sp³-hybridized carbons (Fsp3) is 0.250. The Kier molecular flexibility index (Phi) is 5.11. The normalized spacial score (nSPS) is 23.3. The van der Waals surface area contributed by atoms with Gasteiger partial charge in [0.1, 0.15) is 52.3 Å². The lowest BCUT2D eigenvalue weighted by molar-refractivity contribution is -0.117. The summed E-state index contributed by atoms with van der Waals surface area (Å²) >= 11 is 0. The Balaban J connectivity index is 1.94. The summed E-state index contributed by atoms with van der Waals surface area (Å²) in [6.07, 6.45) is -5.91. The summed E-state index contributed by atoms with van der Waals surface area (Å²) in [4.78, 5) is 13.2. The highest BCUT2D eigenvalue weighted by Crippen LogP contribution is 2.41. The van der Waals surface area contributed by atoms with E-state index in [1.165, 1.54) is 12.1 Å². The second-order valence-electron chi connectivity index (χ2n) is 6.95. The van der Waals surface area contributed by atoms with Crippen molar-refractivity contribution < 1.29 is 49.6 Å². The first-order valence-electron chi connectivity index (χ1n) is 9.05. The molecule has 1 fully saturated rings. The molecule has 1 aliphatic rings. The SMILES string of the molecule is O=c1c(OC2O[C@H](CO)[C@H](O)[C@@H]2O)c(-c2ccc(O)cc2O)oc2cc(O)cc(O)c12. The third-order valence-corrected chi connectivity index (χ3v) is 4.88. The first kappa shape index (κ1) is 20.8. The van der Waals surface area contributed by atoms with Crippen LogP contribution < -0.4 is 10.2 Å². The molecule has 0 aliphatic carbocycles. The largest absolute Gasteiger partial charge is 0.508 e. The highest BCUT2D eigenvalue weighted by molar-refractivity contribution is 5.88. The van der Waals surface area contributed by atoms with E-state index in [1.54, 1.807) is 0 Å². The monoisotopic (exact) mass is 434 g/mol. The quantitative estimate of drug-likeness (QED) is 0.295. The summed E-state index contributed by atoms with van der Waals surface area (Å²) in [7, 11) is 0. The van der Waals surface area contributed by atoms with Crippen LogP contribution in [0.3, 0.4) is 0 Å². The van der Waals surface area contributed by atoms with Crippen LogP contribution in [0.5, 0.6) is 28.7 Å². The van der Waals surface area contributed by atoms with Crippen LogP contribution in [0.1, 0.15) is 0 Å². The number of phenols is 4. The Morgan fingerprint density at radius 3 is 2.29 bits per heavy atom. The number of rotatable bonds is 4. The minimum Gasteiger partial charge on any atom is -0.508 e. The maximum absolute atomic E-state index is 13.2. The van der Waals surface area contributed by atoms with Crippen molar-refractivity contribution in [1.82, 2.24) is 0 Å². The van der Waals surface area contributed by atoms with Crippen molar-refractivity contribution in [3.63, 3.8) is 0 Å². The lowest BCUT2D eigenvalue weighted by Crippen LogP contribution is -2.36. The number of fused-ring (bicyclic) bond motifs is 1. The van der Waals surface area contributed by atoms with Gasteiger partial charge in [0.25, 0.3) is 0 Å². The predicted octanol–water partition coefficient (Wildman–Crippen LogP) is 0.100. The van der Waals surface area contributed by atoms with E-state index in [9.17, 15) is 40.5 Å². The summed E-state index contributed by atoms with van der Waals surface area (Å²) < 4.78 is 16.4. The van der Waals surface area contributed by atoms with Crippen molar-refractivity contribution in [1.29, 1.82) is 0 Å². The predicted molar refractivity (Wildman–Crippen MR) is 103 cm³/mol. The van der Waals surface area contributed by atoms with E-state index in [0.29, 0.717) is 0 Å². The molecule has 1 aliphatic heterocycles. The van der Waals surface area contributed by atoms with Crippen molar-refractivity contribution in [2.45, 2.75) is 24.6 Å². The molecule has 0 bridgehead atoms. The van der Waals surface area contributed by atoms with Gasteiger partial charge in [-0.2, -0.15) is 0 Å². The van der Waals surface area contributed by atoms with Gasteiger partial charge in [0.2, 0.25) is 17.5 Å². The van der Waals surface area contributed by atoms with Gasteiger partial charge >= 0.3 is 0 Å². The summed E-state index contributed by atoms with van der Waals surface area (Å²) in [5.41, 5.74) is -1.26. The first-order valence-corrected chi connectivity index (χ1v) is 9.05. The van der Waals surface area contributed by atoms with E-state index in [1.807, 2.05) is 0 Å². The average molecular weight is 434 g/mol. The molecule has 0 radical (unpaired) electrons. The summed E-state index contributed by atoms with van der Waals surface area (Å²) in [5, 5.41) is 68.6. The summed E-state index contributed by atoms with van der Waals surface area (Å²) in [6.45, 7) is -0.629. The lowest BCUT2D eigenvalue weighted by atomic mass is 10.1. The maximum atomic E-state index is 13.2. The topological polar surface area (TPSA) is 190 Å². The van der Waals surface area contributed by atoms with E-state index in [4.69, 9.17) is 13.9 Å². The van der Waals surface area contributed by atoms with Crippen molar-refractivity contribution in [3.05, 3.63) is 40.6 Å². The number of hydrogen-bond acceptors (Lipinski definition) is 11. The third-order valence-electron chi connectivity index (χ3n) is 4.88. The average Bonchev–Trinajstić information content (AvgIpc) is 2.97. The van der Waals surface area contributed by atoms with Crippen molar-refractivity contribution in [2.24, 2.45) is 0 Å². The molecule has 1 aromatic heterocycles. The van der Waals surface area contributed by atoms with Crippen LogP contribution >= 0.6 is 0 Å². The van der Waals surface area contributed by atoms with E-state index >= 15 is 0 Å². The Labute approximate surface area is 173 Å². The van der Waals surface area contributed by atoms with Crippen LogP contribution in [0.25, 0.3) is 22.3 Å². The van der Waals surface area contributed by atoms with Crippen LogP contribution in [-0.4, -0.2) is 67.0 Å². The van der Waals surface area contributed by atoms with Gasteiger partial charge in [-0.25, -0.2) is 0 Å². The Morgan fingerprint density at radius 1 is 0.935 bits per heavy atom. The van der Waals surface area contributed by atoms with E-state index in [-0.39, 0.29) is 28.0 Å². The van der Waals surface area contributed by atoms with Gasteiger partial charge in [-0.1, -0.05) is 0 Å². The molecule has 3 aromatic rings. The number of benzene rings is 2. The van der Waals surface area contributed by atoms with Crippen molar-refractivity contribution in [2.75, 3.05) is 6.61 Å². The third kappa shape index (κ3) is 3.49. The molecule has 7 N–H and O–H groups in total. The zero-order valence-electron chi connectivity index (χ0n) is 15.7. The first-order chi connectivity index (χ1) is 14.7. The van der Waals surface area contributed by atoms with E-state index in [0.717, 1.165) is 18.2 Å². The Bertz CT molecular complexity index is 1200. The minimum absolute atomic E-state index is 0.0959. The zero-order valence-corrected chi connectivity index (χ0v) is 15.7. The second kappa shape index (κ2) is 7.63. The van der Waals surface area contributed by atoms with Crippen LogP contribution in [-0.2, 0) is 4.74 Å². The molecule has 1 saturated heterocycles. The second-order valence-corrected chi connectivity index (χ2v) is 6.95. The van der Waals surface area contributed by atoms with Gasteiger partial charge in [-0.15, -0.1) is 0 Å². The standard InChI is InChI=1S/C20H18O11/c21-6-13-15(26)17(28)20(30-13)31-19-16(27)14-11(25)4-8(23)5-12(14)29-18(19)9-2-1-7(22)3-10(9)24/h1-5,13,15,17,20-26,28H,6H2/t13-,15+,17+,20?/m1/s1. The number of aromatic hydroxyl groups is 4.